The molecular weight excluding hydrogens is 214 g/mol. The first kappa shape index (κ1) is 11.8. The fourth-order valence-electron chi connectivity index (χ4n) is 2.19. The Morgan fingerprint density at radius 3 is 2.41 bits per heavy atom. The van der Waals surface area contributed by atoms with Gasteiger partial charge in [-0.15, -0.1) is 0 Å². The van der Waals surface area contributed by atoms with Gasteiger partial charge in [-0.1, -0.05) is 25.7 Å². The monoisotopic (exact) mass is 231 g/mol. The molecule has 1 aliphatic carbocycles. The molecule has 4 heteroatoms. The Morgan fingerprint density at radius 2 is 1.82 bits per heavy atom. The third-order valence-corrected chi connectivity index (χ3v) is 3.19. The van der Waals surface area contributed by atoms with Crippen molar-refractivity contribution in [3.8, 4) is 11.8 Å². The van der Waals surface area contributed by atoms with Gasteiger partial charge in [0.1, 0.15) is 6.07 Å². The van der Waals surface area contributed by atoms with Crippen molar-refractivity contribution in [2.75, 3.05) is 6.61 Å². The highest BCUT2D eigenvalue weighted by Gasteiger charge is 2.12. The molecule has 4 nitrogen and oxygen atoms in total. The summed E-state index contributed by atoms with van der Waals surface area (Å²) in [5.74, 6) is 1.51. The highest BCUT2D eigenvalue weighted by molar-refractivity contribution is 5.17. The molecule has 17 heavy (non-hydrogen) atoms. The topological polar surface area (TPSA) is 58.8 Å². The lowest BCUT2D eigenvalue weighted by Crippen LogP contribution is -2.11. The van der Waals surface area contributed by atoms with Crippen LogP contribution in [0.4, 0.5) is 0 Å². The number of ether oxygens (including phenoxy) is 1. The van der Waals surface area contributed by atoms with Crippen molar-refractivity contribution in [3.63, 3.8) is 0 Å². The smallest absolute Gasteiger partial charge is 0.232 e. The third kappa shape index (κ3) is 3.70. The van der Waals surface area contributed by atoms with E-state index < -0.39 is 0 Å². The molecule has 2 rings (SSSR count). The van der Waals surface area contributed by atoms with E-state index in [1.54, 1.807) is 12.4 Å². The van der Waals surface area contributed by atoms with Crippen molar-refractivity contribution in [1.29, 1.82) is 5.26 Å². The van der Waals surface area contributed by atoms with Gasteiger partial charge in [0.15, 0.2) is 5.75 Å². The average molecular weight is 231 g/mol. The van der Waals surface area contributed by atoms with Gasteiger partial charge in [0, 0.05) is 0 Å². The second-order valence-corrected chi connectivity index (χ2v) is 4.52. The standard InChI is InChI=1S/C13H17N3O/c14-7-13-15-8-12(9-16-13)17-10-11-5-3-1-2-4-6-11/h8-9,11H,1-6,10H2. The van der Waals surface area contributed by atoms with Crippen molar-refractivity contribution >= 4 is 0 Å². The first-order valence-corrected chi connectivity index (χ1v) is 6.23. The zero-order chi connectivity index (χ0) is 11.9. The maximum Gasteiger partial charge on any atom is 0.232 e. The van der Waals surface area contributed by atoms with Crippen LogP contribution in [0, 0.1) is 17.2 Å². The first-order valence-electron chi connectivity index (χ1n) is 6.23. The van der Waals surface area contributed by atoms with E-state index in [2.05, 4.69) is 9.97 Å². The van der Waals surface area contributed by atoms with Crippen molar-refractivity contribution < 1.29 is 4.74 Å². The van der Waals surface area contributed by atoms with Gasteiger partial charge in [-0.05, 0) is 18.8 Å². The van der Waals surface area contributed by atoms with E-state index in [0.29, 0.717) is 11.7 Å². The Morgan fingerprint density at radius 1 is 1.18 bits per heavy atom. The fourth-order valence-corrected chi connectivity index (χ4v) is 2.19. The summed E-state index contributed by atoms with van der Waals surface area (Å²) in [6, 6.07) is 1.89. The highest BCUT2D eigenvalue weighted by Crippen LogP contribution is 2.23. The van der Waals surface area contributed by atoms with Gasteiger partial charge < -0.3 is 4.74 Å². The number of nitrogens with zero attached hydrogens (tertiary/aromatic N) is 3. The molecule has 1 fully saturated rings. The quantitative estimate of drug-likeness (QED) is 0.750. The summed E-state index contributed by atoms with van der Waals surface area (Å²) in [5.41, 5.74) is 0. The molecule has 90 valence electrons. The van der Waals surface area contributed by atoms with Gasteiger partial charge >= 0.3 is 0 Å². The third-order valence-electron chi connectivity index (χ3n) is 3.19. The molecule has 1 saturated carbocycles. The second-order valence-electron chi connectivity index (χ2n) is 4.52. The van der Waals surface area contributed by atoms with Gasteiger partial charge in [0.2, 0.25) is 5.82 Å². The van der Waals surface area contributed by atoms with E-state index in [1.165, 1.54) is 38.5 Å². The van der Waals surface area contributed by atoms with Gasteiger partial charge in [0.05, 0.1) is 19.0 Å². The van der Waals surface area contributed by atoms with Crippen LogP contribution in [0.15, 0.2) is 12.4 Å². The molecule has 0 aliphatic heterocycles. The summed E-state index contributed by atoms with van der Waals surface area (Å²) in [5, 5.41) is 8.58. The number of hydrogen-bond acceptors (Lipinski definition) is 4. The Labute approximate surface area is 102 Å². The van der Waals surface area contributed by atoms with Gasteiger partial charge in [-0.2, -0.15) is 5.26 Å². The molecule has 1 aliphatic rings. The van der Waals surface area contributed by atoms with Crippen LogP contribution in [0.3, 0.4) is 0 Å². The molecule has 1 heterocycles. The van der Waals surface area contributed by atoms with E-state index in [-0.39, 0.29) is 5.82 Å². The largest absolute Gasteiger partial charge is 0.490 e. The lowest BCUT2D eigenvalue weighted by Gasteiger charge is -2.14. The molecule has 0 aromatic carbocycles. The Balaban J connectivity index is 1.82. The molecule has 0 amide bonds. The van der Waals surface area contributed by atoms with Gasteiger partial charge in [0.25, 0.3) is 0 Å². The van der Waals surface area contributed by atoms with Crippen LogP contribution >= 0.6 is 0 Å². The fraction of sp³-hybridized carbons (Fsp3) is 0.615. The Kier molecular flexibility index (Phi) is 4.31. The maximum atomic E-state index is 8.58. The summed E-state index contributed by atoms with van der Waals surface area (Å²) >= 11 is 0. The van der Waals surface area contributed by atoms with Gasteiger partial charge in [-0.3, -0.25) is 0 Å². The average Bonchev–Trinajstić information content (AvgIpc) is 2.65. The van der Waals surface area contributed by atoms with Crippen molar-refractivity contribution in [2.24, 2.45) is 5.92 Å². The van der Waals surface area contributed by atoms with E-state index in [9.17, 15) is 0 Å². The summed E-state index contributed by atoms with van der Waals surface area (Å²) in [6.45, 7) is 0.745. The van der Waals surface area contributed by atoms with Crippen LogP contribution in [0.5, 0.6) is 5.75 Å². The molecule has 0 unspecified atom stereocenters. The molecule has 0 bridgehead atoms. The van der Waals surface area contributed by atoms with E-state index in [1.807, 2.05) is 6.07 Å². The molecule has 0 atom stereocenters. The predicted octanol–water partition coefficient (Wildman–Crippen LogP) is 2.70. The Bertz CT molecular complexity index is 375. The SMILES string of the molecule is N#Cc1ncc(OCC2CCCCCC2)cn1. The second kappa shape index (κ2) is 6.19. The van der Waals surface area contributed by atoms with Crippen LogP contribution in [0.1, 0.15) is 44.3 Å². The normalized spacial score (nSPS) is 17.1. The van der Waals surface area contributed by atoms with Crippen molar-refractivity contribution in [1.82, 2.24) is 9.97 Å². The Hall–Kier alpha value is -1.63. The molecular formula is C13H17N3O. The van der Waals surface area contributed by atoms with Crippen molar-refractivity contribution in [2.45, 2.75) is 38.5 Å². The number of rotatable bonds is 3. The van der Waals surface area contributed by atoms with Crippen LogP contribution in [-0.2, 0) is 0 Å². The summed E-state index contributed by atoms with van der Waals surface area (Å²) in [6.07, 6.45) is 11.0. The van der Waals surface area contributed by atoms with Crippen LogP contribution in [0.2, 0.25) is 0 Å². The zero-order valence-electron chi connectivity index (χ0n) is 9.93. The predicted molar refractivity (Wildman–Crippen MR) is 63.4 cm³/mol. The van der Waals surface area contributed by atoms with E-state index in [0.717, 1.165) is 6.61 Å². The number of aromatic nitrogens is 2. The number of nitriles is 1. The lowest BCUT2D eigenvalue weighted by atomic mass is 10.0. The highest BCUT2D eigenvalue weighted by atomic mass is 16.5. The zero-order valence-corrected chi connectivity index (χ0v) is 9.93. The van der Waals surface area contributed by atoms with Crippen LogP contribution < -0.4 is 4.74 Å². The lowest BCUT2D eigenvalue weighted by molar-refractivity contribution is 0.232. The molecule has 0 saturated heterocycles. The maximum absolute atomic E-state index is 8.58. The minimum Gasteiger partial charge on any atom is -0.490 e. The van der Waals surface area contributed by atoms with Crippen molar-refractivity contribution in [3.05, 3.63) is 18.2 Å². The van der Waals surface area contributed by atoms with Crippen LogP contribution in [0.25, 0.3) is 0 Å². The molecule has 1 aromatic rings. The summed E-state index contributed by atoms with van der Waals surface area (Å²) in [4.78, 5) is 7.76. The minimum absolute atomic E-state index is 0.187. The van der Waals surface area contributed by atoms with E-state index >= 15 is 0 Å². The van der Waals surface area contributed by atoms with E-state index in [4.69, 9.17) is 10.00 Å². The summed E-state index contributed by atoms with van der Waals surface area (Å²) in [7, 11) is 0. The van der Waals surface area contributed by atoms with Crippen LogP contribution in [-0.4, -0.2) is 16.6 Å². The molecule has 0 spiro atoms. The molecule has 0 radical (unpaired) electrons. The van der Waals surface area contributed by atoms with Gasteiger partial charge in [-0.25, -0.2) is 9.97 Å². The molecule has 0 N–H and O–H groups in total. The first-order chi connectivity index (χ1) is 8.38. The molecule has 1 aromatic heterocycles. The number of hydrogen-bond donors (Lipinski definition) is 0. The minimum atomic E-state index is 0.187. The summed E-state index contributed by atoms with van der Waals surface area (Å²) < 4.78 is 5.67.